The first-order valence-corrected chi connectivity index (χ1v) is 9.69. The first kappa shape index (κ1) is 18.7. The standard InChI is InChI=1S/C21H17N5O2S/c1-14-11-17(12-23-19(14)28-13-15-5-3-2-4-6-15)18(27)24-21-26-25-20(29-21)16-7-9-22-10-8-16/h2-12H,13H2,1H3,(H,24,26,27). The molecule has 0 unspecified atom stereocenters. The molecule has 0 saturated heterocycles. The summed E-state index contributed by atoms with van der Waals surface area (Å²) >= 11 is 1.30. The van der Waals surface area contributed by atoms with Crippen LogP contribution in [0.4, 0.5) is 5.13 Å². The molecule has 4 rings (SSSR count). The van der Waals surface area contributed by atoms with Gasteiger partial charge in [0.2, 0.25) is 11.0 Å². The van der Waals surface area contributed by atoms with E-state index in [1.807, 2.05) is 49.4 Å². The van der Waals surface area contributed by atoms with E-state index in [1.54, 1.807) is 18.5 Å². The zero-order valence-corrected chi connectivity index (χ0v) is 16.4. The largest absolute Gasteiger partial charge is 0.473 e. The number of aromatic nitrogens is 4. The van der Waals surface area contributed by atoms with E-state index in [0.717, 1.165) is 16.7 Å². The highest BCUT2D eigenvalue weighted by atomic mass is 32.1. The lowest BCUT2D eigenvalue weighted by molar-refractivity contribution is 0.102. The molecule has 0 radical (unpaired) electrons. The molecule has 3 aromatic heterocycles. The van der Waals surface area contributed by atoms with Crippen LogP contribution < -0.4 is 10.1 Å². The van der Waals surface area contributed by atoms with Crippen LogP contribution in [0.2, 0.25) is 0 Å². The van der Waals surface area contributed by atoms with Crippen LogP contribution in [-0.2, 0) is 6.61 Å². The summed E-state index contributed by atoms with van der Waals surface area (Å²) < 4.78 is 5.76. The highest BCUT2D eigenvalue weighted by Crippen LogP contribution is 2.26. The summed E-state index contributed by atoms with van der Waals surface area (Å²) in [4.78, 5) is 20.8. The Bertz CT molecular complexity index is 1120. The third kappa shape index (κ3) is 4.61. The van der Waals surface area contributed by atoms with Crippen LogP contribution in [0.5, 0.6) is 5.88 Å². The molecule has 0 fully saturated rings. The fourth-order valence-electron chi connectivity index (χ4n) is 2.62. The number of anilines is 1. The summed E-state index contributed by atoms with van der Waals surface area (Å²) in [7, 11) is 0. The number of nitrogens with zero attached hydrogens (tertiary/aromatic N) is 4. The van der Waals surface area contributed by atoms with Crippen molar-refractivity contribution in [1.82, 2.24) is 20.2 Å². The Hall–Kier alpha value is -3.65. The van der Waals surface area contributed by atoms with Gasteiger partial charge in [-0.1, -0.05) is 41.7 Å². The van der Waals surface area contributed by atoms with Crippen molar-refractivity contribution in [2.24, 2.45) is 0 Å². The number of ether oxygens (including phenoxy) is 1. The number of benzene rings is 1. The average Bonchev–Trinajstić information content (AvgIpc) is 3.22. The molecule has 0 aliphatic carbocycles. The van der Waals surface area contributed by atoms with Gasteiger partial charge in [0.05, 0.1) is 5.56 Å². The van der Waals surface area contributed by atoms with Gasteiger partial charge in [-0.05, 0) is 30.7 Å². The summed E-state index contributed by atoms with van der Waals surface area (Å²) in [5.74, 6) is 0.203. The Kier molecular flexibility index (Phi) is 5.53. The van der Waals surface area contributed by atoms with E-state index >= 15 is 0 Å². The van der Waals surface area contributed by atoms with Crippen molar-refractivity contribution in [1.29, 1.82) is 0 Å². The van der Waals surface area contributed by atoms with Gasteiger partial charge in [0.15, 0.2) is 0 Å². The van der Waals surface area contributed by atoms with E-state index < -0.39 is 0 Å². The molecule has 4 aromatic rings. The monoisotopic (exact) mass is 403 g/mol. The molecule has 0 saturated carbocycles. The number of amides is 1. The maximum Gasteiger partial charge on any atom is 0.259 e. The van der Waals surface area contributed by atoms with Crippen LogP contribution in [0.15, 0.2) is 67.1 Å². The molecule has 144 valence electrons. The van der Waals surface area contributed by atoms with Gasteiger partial charge in [0.1, 0.15) is 11.6 Å². The Morgan fingerprint density at radius 3 is 2.66 bits per heavy atom. The van der Waals surface area contributed by atoms with Gasteiger partial charge in [0.25, 0.3) is 5.91 Å². The van der Waals surface area contributed by atoms with Gasteiger partial charge in [0, 0.05) is 29.7 Å². The first-order valence-electron chi connectivity index (χ1n) is 8.87. The SMILES string of the molecule is Cc1cc(C(=O)Nc2nnc(-c3ccncc3)s2)cnc1OCc1ccccc1. The number of hydrogen-bond donors (Lipinski definition) is 1. The summed E-state index contributed by atoms with van der Waals surface area (Å²) in [5, 5.41) is 12.0. The topological polar surface area (TPSA) is 89.9 Å². The molecular weight excluding hydrogens is 386 g/mol. The summed E-state index contributed by atoms with van der Waals surface area (Å²) in [6.45, 7) is 2.28. The number of rotatable bonds is 6. The summed E-state index contributed by atoms with van der Waals surface area (Å²) in [6.07, 6.45) is 4.86. The first-order chi connectivity index (χ1) is 14.2. The van der Waals surface area contributed by atoms with Gasteiger partial charge in [-0.2, -0.15) is 0 Å². The number of carbonyl (C=O) groups excluding carboxylic acids is 1. The second-order valence-electron chi connectivity index (χ2n) is 6.22. The summed E-state index contributed by atoms with van der Waals surface area (Å²) in [5.41, 5.74) is 3.16. The second kappa shape index (κ2) is 8.57. The lowest BCUT2D eigenvalue weighted by Crippen LogP contribution is -2.12. The van der Waals surface area contributed by atoms with Crippen molar-refractivity contribution in [3.63, 3.8) is 0 Å². The van der Waals surface area contributed by atoms with Crippen molar-refractivity contribution < 1.29 is 9.53 Å². The second-order valence-corrected chi connectivity index (χ2v) is 7.20. The van der Waals surface area contributed by atoms with E-state index in [9.17, 15) is 4.79 Å². The third-order valence-corrected chi connectivity index (χ3v) is 4.97. The highest BCUT2D eigenvalue weighted by Gasteiger charge is 2.13. The Labute approximate surface area is 171 Å². The molecule has 1 amide bonds. The van der Waals surface area contributed by atoms with Crippen LogP contribution >= 0.6 is 11.3 Å². The minimum absolute atomic E-state index is 0.298. The van der Waals surface area contributed by atoms with Crippen molar-refractivity contribution >= 4 is 22.4 Å². The van der Waals surface area contributed by atoms with Gasteiger partial charge >= 0.3 is 0 Å². The molecule has 29 heavy (non-hydrogen) atoms. The van der Waals surface area contributed by atoms with E-state index in [1.165, 1.54) is 17.5 Å². The predicted molar refractivity (Wildman–Crippen MR) is 111 cm³/mol. The van der Waals surface area contributed by atoms with E-state index in [0.29, 0.717) is 28.2 Å². The van der Waals surface area contributed by atoms with Crippen LogP contribution in [0.3, 0.4) is 0 Å². The van der Waals surface area contributed by atoms with Crippen LogP contribution in [0.1, 0.15) is 21.5 Å². The van der Waals surface area contributed by atoms with E-state index in [4.69, 9.17) is 4.74 Å². The van der Waals surface area contributed by atoms with Crippen molar-refractivity contribution in [3.8, 4) is 16.5 Å². The molecule has 0 spiro atoms. The Morgan fingerprint density at radius 1 is 1.10 bits per heavy atom. The molecule has 7 nitrogen and oxygen atoms in total. The molecule has 1 N–H and O–H groups in total. The van der Waals surface area contributed by atoms with Crippen LogP contribution in [0, 0.1) is 6.92 Å². The number of pyridine rings is 2. The maximum absolute atomic E-state index is 12.5. The predicted octanol–water partition coefficient (Wildman–Crippen LogP) is 4.13. The fourth-order valence-corrected chi connectivity index (χ4v) is 3.36. The molecule has 1 aromatic carbocycles. The normalized spacial score (nSPS) is 10.5. The summed E-state index contributed by atoms with van der Waals surface area (Å²) in [6, 6.07) is 15.3. The zero-order chi connectivity index (χ0) is 20.1. The van der Waals surface area contributed by atoms with Gasteiger partial charge in [-0.25, -0.2) is 4.98 Å². The third-order valence-electron chi connectivity index (χ3n) is 4.08. The van der Waals surface area contributed by atoms with Crippen molar-refractivity contribution in [2.75, 3.05) is 5.32 Å². The van der Waals surface area contributed by atoms with Gasteiger partial charge in [-0.3, -0.25) is 15.1 Å². The molecule has 0 bridgehead atoms. The molecular formula is C21H17N5O2S. The lowest BCUT2D eigenvalue weighted by atomic mass is 10.2. The minimum atomic E-state index is -0.298. The highest BCUT2D eigenvalue weighted by molar-refractivity contribution is 7.18. The van der Waals surface area contributed by atoms with Crippen LogP contribution in [-0.4, -0.2) is 26.1 Å². The Morgan fingerprint density at radius 2 is 1.90 bits per heavy atom. The molecule has 3 heterocycles. The number of nitrogens with one attached hydrogen (secondary N) is 1. The fraction of sp³-hybridized carbons (Fsp3) is 0.0952. The van der Waals surface area contributed by atoms with E-state index in [2.05, 4.69) is 25.5 Å². The van der Waals surface area contributed by atoms with Gasteiger partial charge in [-0.15, -0.1) is 10.2 Å². The number of hydrogen-bond acceptors (Lipinski definition) is 7. The smallest absolute Gasteiger partial charge is 0.259 e. The van der Waals surface area contributed by atoms with E-state index in [-0.39, 0.29) is 5.91 Å². The molecule has 8 heteroatoms. The lowest BCUT2D eigenvalue weighted by Gasteiger charge is -2.09. The van der Waals surface area contributed by atoms with Gasteiger partial charge < -0.3 is 4.74 Å². The van der Waals surface area contributed by atoms with Crippen LogP contribution in [0.25, 0.3) is 10.6 Å². The van der Waals surface area contributed by atoms with Crippen molar-refractivity contribution in [2.45, 2.75) is 13.5 Å². The average molecular weight is 403 g/mol. The Balaban J connectivity index is 1.41. The number of carbonyl (C=O) groups is 1. The molecule has 0 atom stereocenters. The molecule has 0 aliphatic heterocycles. The molecule has 0 aliphatic rings. The quantitative estimate of drug-likeness (QED) is 0.520. The van der Waals surface area contributed by atoms with Crippen molar-refractivity contribution in [3.05, 3.63) is 83.8 Å². The number of aryl methyl sites for hydroxylation is 1. The minimum Gasteiger partial charge on any atom is -0.473 e. The maximum atomic E-state index is 12.5. The zero-order valence-electron chi connectivity index (χ0n) is 15.6.